The lowest BCUT2D eigenvalue weighted by Crippen LogP contribution is -2.38. The molecule has 0 saturated carbocycles. The van der Waals surface area contributed by atoms with Crippen molar-refractivity contribution in [2.24, 2.45) is 0 Å². The van der Waals surface area contributed by atoms with Crippen molar-refractivity contribution in [3.63, 3.8) is 0 Å². The highest BCUT2D eigenvalue weighted by atomic mass is 16.5. The molecule has 0 radical (unpaired) electrons. The fourth-order valence-electron chi connectivity index (χ4n) is 2.43. The molecule has 0 N–H and O–H groups in total. The molecule has 5 nitrogen and oxygen atoms in total. The van der Waals surface area contributed by atoms with Crippen LogP contribution in [-0.2, 0) is 14.3 Å². The summed E-state index contributed by atoms with van der Waals surface area (Å²) < 4.78 is 10.2. The van der Waals surface area contributed by atoms with Gasteiger partial charge in [0.1, 0.15) is 12.4 Å². The average Bonchev–Trinajstić information content (AvgIpc) is 2.43. The number of ether oxygens (including phenoxy) is 2. The topological polar surface area (TPSA) is 55.8 Å². The Labute approximate surface area is 118 Å². The van der Waals surface area contributed by atoms with Crippen molar-refractivity contribution < 1.29 is 19.1 Å². The molecule has 0 aromatic heterocycles. The van der Waals surface area contributed by atoms with E-state index >= 15 is 0 Å². The van der Waals surface area contributed by atoms with Crippen LogP contribution < -0.4 is 9.64 Å². The van der Waals surface area contributed by atoms with Crippen molar-refractivity contribution in [1.29, 1.82) is 0 Å². The summed E-state index contributed by atoms with van der Waals surface area (Å²) in [7, 11) is 1.32. The van der Waals surface area contributed by atoms with Gasteiger partial charge in [0.05, 0.1) is 25.8 Å². The highest BCUT2D eigenvalue weighted by Crippen LogP contribution is 2.36. The fourth-order valence-corrected chi connectivity index (χ4v) is 2.43. The van der Waals surface area contributed by atoms with Crippen molar-refractivity contribution in [2.75, 3.05) is 25.2 Å². The van der Waals surface area contributed by atoms with Gasteiger partial charge in [-0.05, 0) is 31.0 Å². The molecular formula is C15H19NO4. The van der Waals surface area contributed by atoms with Crippen LogP contribution in [0.3, 0.4) is 0 Å². The minimum absolute atomic E-state index is 0.0769. The maximum Gasteiger partial charge on any atom is 0.306 e. The van der Waals surface area contributed by atoms with Crippen LogP contribution in [0.2, 0.25) is 0 Å². The highest BCUT2D eigenvalue weighted by molar-refractivity contribution is 5.97. The molecule has 1 aromatic rings. The maximum absolute atomic E-state index is 12.3. The van der Waals surface area contributed by atoms with Gasteiger partial charge >= 0.3 is 5.97 Å². The number of hydrogen-bond acceptors (Lipinski definition) is 4. The fraction of sp³-hybridized carbons (Fsp3) is 0.467. The summed E-state index contributed by atoms with van der Waals surface area (Å²) in [5.74, 6) is 0.291. The van der Waals surface area contributed by atoms with Crippen LogP contribution in [0.1, 0.15) is 24.0 Å². The lowest BCUT2D eigenvalue weighted by molar-refractivity contribution is -0.141. The molecule has 0 fully saturated rings. The summed E-state index contributed by atoms with van der Waals surface area (Å²) in [6.07, 6.45) is 0.256. The Morgan fingerprint density at radius 2 is 2.05 bits per heavy atom. The third-order valence-corrected chi connectivity index (χ3v) is 3.32. The molecule has 0 saturated heterocycles. The normalized spacial score (nSPS) is 13.4. The highest BCUT2D eigenvalue weighted by Gasteiger charge is 2.25. The predicted molar refractivity (Wildman–Crippen MR) is 75.0 cm³/mol. The number of rotatable bonds is 3. The zero-order valence-electron chi connectivity index (χ0n) is 12.1. The van der Waals surface area contributed by atoms with Crippen molar-refractivity contribution in [1.82, 2.24) is 0 Å². The van der Waals surface area contributed by atoms with E-state index in [0.717, 1.165) is 22.6 Å². The number of amides is 1. The minimum Gasteiger partial charge on any atom is -0.490 e. The smallest absolute Gasteiger partial charge is 0.306 e. The SMILES string of the molecule is COC(=O)CCC(=O)N1CCOc2cc(C)cc(C)c21. The summed E-state index contributed by atoms with van der Waals surface area (Å²) in [5, 5.41) is 0. The summed E-state index contributed by atoms with van der Waals surface area (Å²) in [5.41, 5.74) is 2.92. The number of carbonyl (C=O) groups excluding carboxylic acids is 2. The second kappa shape index (κ2) is 5.94. The van der Waals surface area contributed by atoms with Gasteiger partial charge < -0.3 is 14.4 Å². The summed E-state index contributed by atoms with van der Waals surface area (Å²) in [6.45, 7) is 4.94. The molecular weight excluding hydrogens is 258 g/mol. The van der Waals surface area contributed by atoms with Gasteiger partial charge in [0.15, 0.2) is 0 Å². The van der Waals surface area contributed by atoms with Crippen LogP contribution in [0.4, 0.5) is 5.69 Å². The van der Waals surface area contributed by atoms with Gasteiger partial charge in [-0.15, -0.1) is 0 Å². The standard InChI is InChI=1S/C15H19NO4/c1-10-8-11(2)15-12(9-10)20-7-6-16(15)13(17)4-5-14(18)19-3/h8-9H,4-7H2,1-3H3. The Morgan fingerprint density at radius 1 is 1.30 bits per heavy atom. The zero-order chi connectivity index (χ0) is 14.7. The number of fused-ring (bicyclic) bond motifs is 1. The molecule has 0 atom stereocenters. The first kappa shape index (κ1) is 14.4. The summed E-state index contributed by atoms with van der Waals surface area (Å²) in [4.78, 5) is 25.1. The van der Waals surface area contributed by atoms with Gasteiger partial charge in [-0.1, -0.05) is 6.07 Å². The Kier molecular flexibility index (Phi) is 4.27. The Morgan fingerprint density at radius 3 is 2.75 bits per heavy atom. The number of methoxy groups -OCH3 is 1. The maximum atomic E-state index is 12.3. The van der Waals surface area contributed by atoms with Gasteiger partial charge in [-0.3, -0.25) is 9.59 Å². The van der Waals surface area contributed by atoms with Crippen LogP contribution in [0.25, 0.3) is 0 Å². The number of hydrogen-bond donors (Lipinski definition) is 0. The third kappa shape index (κ3) is 2.92. The minimum atomic E-state index is -0.368. The van der Waals surface area contributed by atoms with Crippen LogP contribution >= 0.6 is 0 Å². The number of carbonyl (C=O) groups is 2. The number of aryl methyl sites for hydroxylation is 2. The van der Waals surface area contributed by atoms with Crippen molar-refractivity contribution in [3.05, 3.63) is 23.3 Å². The molecule has 1 heterocycles. The van der Waals surface area contributed by atoms with E-state index in [2.05, 4.69) is 4.74 Å². The Hall–Kier alpha value is -2.04. The van der Waals surface area contributed by atoms with E-state index in [1.807, 2.05) is 26.0 Å². The van der Waals surface area contributed by atoms with Crippen LogP contribution in [0.15, 0.2) is 12.1 Å². The Balaban J connectivity index is 2.20. The summed E-state index contributed by atoms with van der Waals surface area (Å²) in [6, 6.07) is 3.95. The predicted octanol–water partition coefficient (Wildman–Crippen LogP) is 1.98. The lowest BCUT2D eigenvalue weighted by atomic mass is 10.1. The molecule has 1 aliphatic rings. The second-order valence-corrected chi connectivity index (χ2v) is 4.90. The molecule has 2 rings (SSSR count). The second-order valence-electron chi connectivity index (χ2n) is 4.90. The van der Waals surface area contributed by atoms with E-state index in [4.69, 9.17) is 4.74 Å². The van der Waals surface area contributed by atoms with Crippen molar-refractivity contribution in [2.45, 2.75) is 26.7 Å². The van der Waals surface area contributed by atoms with E-state index < -0.39 is 0 Å². The number of anilines is 1. The molecule has 1 amide bonds. The van der Waals surface area contributed by atoms with E-state index in [1.165, 1.54) is 7.11 Å². The first-order valence-electron chi connectivity index (χ1n) is 6.64. The van der Waals surface area contributed by atoms with E-state index in [-0.39, 0.29) is 24.7 Å². The van der Waals surface area contributed by atoms with Crippen LogP contribution in [0, 0.1) is 13.8 Å². The largest absolute Gasteiger partial charge is 0.490 e. The monoisotopic (exact) mass is 277 g/mol. The van der Waals surface area contributed by atoms with Gasteiger partial charge in [-0.25, -0.2) is 0 Å². The third-order valence-electron chi connectivity index (χ3n) is 3.32. The molecule has 0 spiro atoms. The molecule has 1 aromatic carbocycles. The number of nitrogens with zero attached hydrogens (tertiary/aromatic N) is 1. The van der Waals surface area contributed by atoms with Gasteiger partial charge in [0.25, 0.3) is 0 Å². The van der Waals surface area contributed by atoms with Crippen molar-refractivity contribution in [3.8, 4) is 5.75 Å². The molecule has 108 valence electrons. The molecule has 0 aliphatic carbocycles. The van der Waals surface area contributed by atoms with E-state index in [9.17, 15) is 9.59 Å². The van der Waals surface area contributed by atoms with Gasteiger partial charge in [-0.2, -0.15) is 0 Å². The Bertz CT molecular complexity index is 539. The lowest BCUT2D eigenvalue weighted by Gasteiger charge is -2.31. The first-order valence-corrected chi connectivity index (χ1v) is 6.64. The molecule has 5 heteroatoms. The number of benzene rings is 1. The summed E-state index contributed by atoms with van der Waals surface area (Å²) >= 11 is 0. The molecule has 0 unspecified atom stereocenters. The van der Waals surface area contributed by atoms with Crippen LogP contribution in [-0.4, -0.2) is 32.1 Å². The van der Waals surface area contributed by atoms with E-state index in [0.29, 0.717) is 13.2 Å². The molecule has 0 bridgehead atoms. The first-order chi connectivity index (χ1) is 9.52. The van der Waals surface area contributed by atoms with Gasteiger partial charge in [0, 0.05) is 6.42 Å². The quantitative estimate of drug-likeness (QED) is 0.793. The van der Waals surface area contributed by atoms with E-state index in [1.54, 1.807) is 4.90 Å². The zero-order valence-corrected chi connectivity index (χ0v) is 12.1. The molecule has 1 aliphatic heterocycles. The van der Waals surface area contributed by atoms with Gasteiger partial charge in [0.2, 0.25) is 5.91 Å². The molecule has 20 heavy (non-hydrogen) atoms. The number of esters is 1. The van der Waals surface area contributed by atoms with Crippen molar-refractivity contribution >= 4 is 17.6 Å². The van der Waals surface area contributed by atoms with Crippen LogP contribution in [0.5, 0.6) is 5.75 Å². The average molecular weight is 277 g/mol.